The van der Waals surface area contributed by atoms with Crippen LogP contribution in [0, 0.1) is 6.92 Å². The van der Waals surface area contributed by atoms with E-state index in [9.17, 15) is 0 Å². The van der Waals surface area contributed by atoms with Crippen molar-refractivity contribution in [1.82, 2.24) is 4.98 Å². The van der Waals surface area contributed by atoms with Crippen LogP contribution in [0.4, 0.5) is 5.69 Å². The molecule has 0 aliphatic carbocycles. The monoisotopic (exact) mass is 242 g/mol. The number of fused-ring (bicyclic) bond motifs is 1. The molecule has 1 N–H and O–H groups in total. The third-order valence-electron chi connectivity index (χ3n) is 2.95. The Morgan fingerprint density at radius 2 is 2.17 bits per heavy atom. The molecular weight excluding hydrogens is 228 g/mol. The van der Waals surface area contributed by atoms with Crippen LogP contribution in [0.25, 0.3) is 0 Å². The predicted octanol–water partition coefficient (Wildman–Crippen LogP) is 2.73. The fourth-order valence-electron chi connectivity index (χ4n) is 1.99. The summed E-state index contributed by atoms with van der Waals surface area (Å²) < 4.78 is 10.8. The number of para-hydroxylation sites is 1. The van der Waals surface area contributed by atoms with Gasteiger partial charge in [-0.15, -0.1) is 0 Å². The average Bonchev–Trinajstić information content (AvgIpc) is 2.86. The summed E-state index contributed by atoms with van der Waals surface area (Å²) in [4.78, 5) is 4.25. The smallest absolute Gasteiger partial charge is 0.231 e. The minimum absolute atomic E-state index is 0.304. The zero-order valence-corrected chi connectivity index (χ0v) is 10.1. The Morgan fingerprint density at radius 1 is 1.22 bits per heavy atom. The zero-order valence-electron chi connectivity index (χ0n) is 10.1. The lowest BCUT2D eigenvalue weighted by Gasteiger charge is -2.10. The van der Waals surface area contributed by atoms with Gasteiger partial charge in [-0.2, -0.15) is 0 Å². The van der Waals surface area contributed by atoms with Gasteiger partial charge in [0.25, 0.3) is 0 Å². The van der Waals surface area contributed by atoms with E-state index in [1.807, 2.05) is 37.3 Å². The number of rotatable bonds is 3. The molecular formula is C14H14N2O2. The van der Waals surface area contributed by atoms with Crippen molar-refractivity contribution in [2.45, 2.75) is 13.5 Å². The number of benzene rings is 1. The summed E-state index contributed by atoms with van der Waals surface area (Å²) in [7, 11) is 0. The summed E-state index contributed by atoms with van der Waals surface area (Å²) in [5.74, 6) is 1.66. The van der Waals surface area contributed by atoms with Gasteiger partial charge >= 0.3 is 0 Å². The molecule has 2 heterocycles. The van der Waals surface area contributed by atoms with E-state index in [2.05, 4.69) is 10.3 Å². The van der Waals surface area contributed by atoms with Crippen molar-refractivity contribution >= 4 is 5.69 Å². The third kappa shape index (κ3) is 1.97. The number of anilines is 1. The summed E-state index contributed by atoms with van der Waals surface area (Å²) in [5, 5.41) is 3.36. The van der Waals surface area contributed by atoms with Gasteiger partial charge in [0, 0.05) is 18.3 Å². The van der Waals surface area contributed by atoms with Crippen molar-refractivity contribution in [2.24, 2.45) is 0 Å². The Hall–Kier alpha value is -2.23. The van der Waals surface area contributed by atoms with Gasteiger partial charge in [-0.25, -0.2) is 0 Å². The van der Waals surface area contributed by atoms with Crippen LogP contribution in [-0.2, 0) is 6.54 Å². The second-order valence-corrected chi connectivity index (χ2v) is 4.14. The average molecular weight is 242 g/mol. The van der Waals surface area contributed by atoms with Crippen molar-refractivity contribution < 1.29 is 9.47 Å². The maximum atomic E-state index is 5.47. The molecule has 0 atom stereocenters. The van der Waals surface area contributed by atoms with Gasteiger partial charge in [0.05, 0.1) is 11.4 Å². The highest BCUT2D eigenvalue weighted by molar-refractivity contribution is 5.52. The van der Waals surface area contributed by atoms with E-state index in [-0.39, 0.29) is 0 Å². The Bertz CT molecular complexity index is 569. The van der Waals surface area contributed by atoms with E-state index in [0.717, 1.165) is 28.4 Å². The quantitative estimate of drug-likeness (QED) is 0.898. The summed E-state index contributed by atoms with van der Waals surface area (Å²) in [6.45, 7) is 2.98. The minimum Gasteiger partial charge on any atom is -0.454 e. The minimum atomic E-state index is 0.304. The molecule has 0 radical (unpaired) electrons. The van der Waals surface area contributed by atoms with Gasteiger partial charge in [-0.1, -0.05) is 12.1 Å². The first-order valence-electron chi connectivity index (χ1n) is 5.87. The molecule has 2 aromatic rings. The molecule has 1 aromatic carbocycles. The highest BCUT2D eigenvalue weighted by Crippen LogP contribution is 2.35. The van der Waals surface area contributed by atoms with Crippen molar-refractivity contribution in [3.63, 3.8) is 0 Å². The van der Waals surface area contributed by atoms with Crippen LogP contribution in [0.1, 0.15) is 11.3 Å². The largest absolute Gasteiger partial charge is 0.454 e. The normalized spacial score (nSPS) is 12.5. The first-order valence-corrected chi connectivity index (χ1v) is 5.87. The fraction of sp³-hybridized carbons (Fsp3) is 0.214. The van der Waals surface area contributed by atoms with Crippen LogP contribution in [-0.4, -0.2) is 11.8 Å². The Balaban J connectivity index is 1.78. The number of aromatic nitrogens is 1. The summed E-state index contributed by atoms with van der Waals surface area (Å²) in [5.41, 5.74) is 3.12. The molecule has 4 heteroatoms. The molecule has 4 nitrogen and oxygen atoms in total. The van der Waals surface area contributed by atoms with E-state index in [1.54, 1.807) is 6.20 Å². The molecule has 0 fully saturated rings. The Labute approximate surface area is 106 Å². The Morgan fingerprint density at radius 3 is 3.06 bits per heavy atom. The predicted molar refractivity (Wildman–Crippen MR) is 68.9 cm³/mol. The molecule has 1 aliphatic rings. The lowest BCUT2D eigenvalue weighted by molar-refractivity contribution is 0.173. The van der Waals surface area contributed by atoms with Gasteiger partial charge in [-0.3, -0.25) is 4.98 Å². The Kier molecular flexibility index (Phi) is 2.76. The lowest BCUT2D eigenvalue weighted by Crippen LogP contribution is -2.03. The zero-order chi connectivity index (χ0) is 12.4. The fourth-order valence-corrected chi connectivity index (χ4v) is 1.99. The molecule has 3 rings (SSSR count). The lowest BCUT2D eigenvalue weighted by atomic mass is 10.2. The van der Waals surface area contributed by atoms with Gasteiger partial charge in [0.15, 0.2) is 11.5 Å². The van der Waals surface area contributed by atoms with Gasteiger partial charge < -0.3 is 14.8 Å². The number of hydrogen-bond acceptors (Lipinski definition) is 4. The molecule has 0 bridgehead atoms. The highest BCUT2D eigenvalue weighted by Gasteiger charge is 2.16. The number of hydrogen-bond donors (Lipinski definition) is 1. The number of aryl methyl sites for hydroxylation is 1. The van der Waals surface area contributed by atoms with E-state index in [1.165, 1.54) is 0 Å². The highest BCUT2D eigenvalue weighted by atomic mass is 16.7. The molecule has 0 unspecified atom stereocenters. The van der Waals surface area contributed by atoms with E-state index in [0.29, 0.717) is 13.3 Å². The van der Waals surface area contributed by atoms with Crippen LogP contribution in [0.15, 0.2) is 36.5 Å². The van der Waals surface area contributed by atoms with E-state index >= 15 is 0 Å². The van der Waals surface area contributed by atoms with Crippen molar-refractivity contribution in [3.05, 3.63) is 47.8 Å². The topological polar surface area (TPSA) is 43.4 Å². The number of nitrogens with zero attached hydrogens (tertiary/aromatic N) is 1. The third-order valence-corrected chi connectivity index (χ3v) is 2.95. The molecule has 92 valence electrons. The van der Waals surface area contributed by atoms with Crippen molar-refractivity contribution in [1.29, 1.82) is 0 Å². The standard InChI is InChI=1S/C14H14N2O2/c1-10-12(5-3-7-15-10)16-8-11-4-2-6-13-14(11)18-9-17-13/h2-7,16H,8-9H2,1H3. The van der Waals surface area contributed by atoms with Crippen LogP contribution in [0.2, 0.25) is 0 Å². The number of nitrogens with one attached hydrogen (secondary N) is 1. The van der Waals surface area contributed by atoms with Crippen molar-refractivity contribution in [2.75, 3.05) is 12.1 Å². The molecule has 18 heavy (non-hydrogen) atoms. The molecule has 1 aromatic heterocycles. The maximum Gasteiger partial charge on any atom is 0.231 e. The van der Waals surface area contributed by atoms with E-state index in [4.69, 9.17) is 9.47 Å². The number of ether oxygens (including phenoxy) is 2. The summed E-state index contributed by atoms with van der Waals surface area (Å²) in [6, 6.07) is 9.86. The number of pyridine rings is 1. The van der Waals surface area contributed by atoms with Crippen molar-refractivity contribution in [3.8, 4) is 11.5 Å². The maximum absolute atomic E-state index is 5.47. The second kappa shape index (κ2) is 4.56. The van der Waals surface area contributed by atoms with Gasteiger partial charge in [0.1, 0.15) is 0 Å². The SMILES string of the molecule is Cc1ncccc1NCc1cccc2c1OCO2. The molecule has 1 aliphatic heterocycles. The van der Waals surface area contributed by atoms with Crippen LogP contribution in [0.3, 0.4) is 0 Å². The van der Waals surface area contributed by atoms with Gasteiger partial charge in [-0.05, 0) is 25.1 Å². The summed E-state index contributed by atoms with van der Waals surface area (Å²) >= 11 is 0. The van der Waals surface area contributed by atoms with Crippen LogP contribution in [0.5, 0.6) is 11.5 Å². The van der Waals surface area contributed by atoms with E-state index < -0.39 is 0 Å². The molecule has 0 amide bonds. The van der Waals surface area contributed by atoms with Gasteiger partial charge in [0.2, 0.25) is 6.79 Å². The second-order valence-electron chi connectivity index (χ2n) is 4.14. The molecule has 0 saturated carbocycles. The molecule has 0 spiro atoms. The first-order chi connectivity index (χ1) is 8.84. The van der Waals surface area contributed by atoms with Crippen LogP contribution >= 0.6 is 0 Å². The van der Waals surface area contributed by atoms with Crippen LogP contribution < -0.4 is 14.8 Å². The molecule has 0 saturated heterocycles. The summed E-state index contributed by atoms with van der Waals surface area (Å²) in [6.07, 6.45) is 1.79. The first kappa shape index (κ1) is 10.9.